The largest absolute Gasteiger partial charge is 0.371 e. The lowest BCUT2D eigenvalue weighted by Crippen LogP contribution is -2.22. The minimum Gasteiger partial charge on any atom is -0.371 e. The van der Waals surface area contributed by atoms with Crippen molar-refractivity contribution in [3.8, 4) is 0 Å². The Hall–Kier alpha value is -0.410. The van der Waals surface area contributed by atoms with Crippen LogP contribution in [0.3, 0.4) is 0 Å². The molecule has 0 aliphatic heterocycles. The molecular formula is C12H16BrFO. The topological polar surface area (TPSA) is 9.23 Å². The highest BCUT2D eigenvalue weighted by atomic mass is 79.9. The van der Waals surface area contributed by atoms with Crippen LogP contribution in [0.4, 0.5) is 4.39 Å². The summed E-state index contributed by atoms with van der Waals surface area (Å²) in [6.45, 7) is 6.68. The average Bonchev–Trinajstić information content (AvgIpc) is 2.16. The third-order valence-electron chi connectivity index (χ3n) is 2.48. The van der Waals surface area contributed by atoms with Crippen LogP contribution in [-0.2, 0) is 11.3 Å². The van der Waals surface area contributed by atoms with Gasteiger partial charge in [-0.05, 0) is 38.0 Å². The first-order valence-electron chi connectivity index (χ1n) is 5.02. The zero-order valence-corrected chi connectivity index (χ0v) is 10.9. The van der Waals surface area contributed by atoms with E-state index in [1.54, 1.807) is 6.07 Å². The summed E-state index contributed by atoms with van der Waals surface area (Å²) >= 11 is 3.32. The van der Waals surface area contributed by atoms with Crippen LogP contribution in [0.1, 0.15) is 32.8 Å². The zero-order chi connectivity index (χ0) is 11.5. The first kappa shape index (κ1) is 12.7. The highest BCUT2D eigenvalue weighted by Crippen LogP contribution is 2.22. The number of benzene rings is 1. The second-order valence-corrected chi connectivity index (χ2v) is 4.99. The molecule has 0 fully saturated rings. The maximum absolute atomic E-state index is 12.8. The highest BCUT2D eigenvalue weighted by Gasteiger charge is 2.15. The van der Waals surface area contributed by atoms with Gasteiger partial charge in [-0.3, -0.25) is 0 Å². The Morgan fingerprint density at radius 2 is 2.07 bits per heavy atom. The maximum Gasteiger partial charge on any atom is 0.124 e. The number of hydrogen-bond acceptors (Lipinski definition) is 1. The Labute approximate surface area is 98.8 Å². The number of rotatable bonds is 4. The van der Waals surface area contributed by atoms with Crippen molar-refractivity contribution in [1.29, 1.82) is 0 Å². The van der Waals surface area contributed by atoms with E-state index in [1.165, 1.54) is 12.1 Å². The van der Waals surface area contributed by atoms with Crippen molar-refractivity contribution in [2.24, 2.45) is 0 Å². The number of hydrogen-bond donors (Lipinski definition) is 0. The second-order valence-electron chi connectivity index (χ2n) is 4.14. The molecule has 0 radical (unpaired) electrons. The van der Waals surface area contributed by atoms with Crippen LogP contribution < -0.4 is 0 Å². The predicted octanol–water partition coefficient (Wildman–Crippen LogP) is 4.29. The molecule has 0 atom stereocenters. The van der Waals surface area contributed by atoms with Gasteiger partial charge in [0.05, 0.1) is 12.2 Å². The summed E-state index contributed by atoms with van der Waals surface area (Å²) in [5.74, 6) is -0.236. The van der Waals surface area contributed by atoms with Crippen LogP contribution in [0.5, 0.6) is 0 Å². The van der Waals surface area contributed by atoms with Crippen LogP contribution in [0.25, 0.3) is 0 Å². The monoisotopic (exact) mass is 274 g/mol. The van der Waals surface area contributed by atoms with Crippen LogP contribution in [-0.4, -0.2) is 5.60 Å². The van der Waals surface area contributed by atoms with E-state index in [0.29, 0.717) is 6.61 Å². The van der Waals surface area contributed by atoms with Gasteiger partial charge in [0.25, 0.3) is 0 Å². The molecule has 0 saturated heterocycles. The lowest BCUT2D eigenvalue weighted by molar-refractivity contribution is -0.0318. The van der Waals surface area contributed by atoms with Crippen molar-refractivity contribution in [2.75, 3.05) is 0 Å². The molecule has 0 amide bonds. The normalized spacial score (nSPS) is 11.8. The molecule has 0 aliphatic rings. The van der Waals surface area contributed by atoms with Crippen molar-refractivity contribution >= 4 is 15.9 Å². The van der Waals surface area contributed by atoms with Crippen molar-refractivity contribution in [3.05, 3.63) is 34.1 Å². The summed E-state index contributed by atoms with van der Waals surface area (Å²) in [5, 5.41) is 0. The van der Waals surface area contributed by atoms with E-state index in [2.05, 4.69) is 22.9 Å². The molecule has 0 aliphatic carbocycles. The molecule has 1 aromatic rings. The smallest absolute Gasteiger partial charge is 0.124 e. The first-order valence-corrected chi connectivity index (χ1v) is 5.82. The lowest BCUT2D eigenvalue weighted by Gasteiger charge is -2.23. The first-order chi connectivity index (χ1) is 6.94. The molecule has 0 spiro atoms. The molecule has 84 valence electrons. The van der Waals surface area contributed by atoms with Crippen molar-refractivity contribution < 1.29 is 9.13 Å². The third kappa shape index (κ3) is 3.92. The van der Waals surface area contributed by atoms with Crippen molar-refractivity contribution in [1.82, 2.24) is 0 Å². The average molecular weight is 275 g/mol. The van der Waals surface area contributed by atoms with Gasteiger partial charge in [0.2, 0.25) is 0 Å². The van der Waals surface area contributed by atoms with Crippen LogP contribution in [0, 0.1) is 5.82 Å². The Morgan fingerprint density at radius 1 is 1.40 bits per heavy atom. The summed E-state index contributed by atoms with van der Waals surface area (Å²) in [6.07, 6.45) is 0.950. The van der Waals surface area contributed by atoms with E-state index in [0.717, 1.165) is 16.5 Å². The van der Waals surface area contributed by atoms with Gasteiger partial charge in [-0.15, -0.1) is 0 Å². The Balaban J connectivity index is 2.66. The molecule has 0 N–H and O–H groups in total. The summed E-state index contributed by atoms with van der Waals surface area (Å²) in [6, 6.07) is 4.64. The van der Waals surface area contributed by atoms with E-state index in [-0.39, 0.29) is 11.4 Å². The molecule has 1 rings (SSSR count). The Morgan fingerprint density at radius 3 is 2.60 bits per heavy atom. The Kier molecular flexibility index (Phi) is 4.29. The summed E-state index contributed by atoms with van der Waals surface area (Å²) in [4.78, 5) is 0. The van der Waals surface area contributed by atoms with Crippen molar-refractivity contribution in [2.45, 2.75) is 39.4 Å². The van der Waals surface area contributed by atoms with Gasteiger partial charge < -0.3 is 4.74 Å². The molecule has 3 heteroatoms. The standard InChI is InChI=1S/C12H16BrFO/c1-4-12(2,3)15-8-9-5-6-10(14)7-11(9)13/h5-7H,4,8H2,1-3H3. The molecule has 0 saturated carbocycles. The Bertz CT molecular complexity index is 336. The minimum absolute atomic E-state index is 0.131. The molecule has 1 nitrogen and oxygen atoms in total. The molecule has 15 heavy (non-hydrogen) atoms. The van der Waals surface area contributed by atoms with Gasteiger partial charge in [-0.2, -0.15) is 0 Å². The van der Waals surface area contributed by atoms with E-state index in [9.17, 15) is 4.39 Å². The SMILES string of the molecule is CCC(C)(C)OCc1ccc(F)cc1Br. The molecule has 0 heterocycles. The number of ether oxygens (including phenoxy) is 1. The van der Waals surface area contributed by atoms with E-state index >= 15 is 0 Å². The van der Waals surface area contributed by atoms with Crippen LogP contribution in [0.2, 0.25) is 0 Å². The fourth-order valence-electron chi connectivity index (χ4n) is 1.01. The molecule has 0 unspecified atom stereocenters. The second kappa shape index (κ2) is 5.08. The van der Waals surface area contributed by atoms with Gasteiger partial charge in [0, 0.05) is 4.47 Å². The molecule has 1 aromatic carbocycles. The fourth-order valence-corrected chi connectivity index (χ4v) is 1.48. The van der Waals surface area contributed by atoms with Crippen LogP contribution in [0.15, 0.2) is 22.7 Å². The lowest BCUT2D eigenvalue weighted by atomic mass is 10.1. The highest BCUT2D eigenvalue weighted by molar-refractivity contribution is 9.10. The van der Waals surface area contributed by atoms with Gasteiger partial charge >= 0.3 is 0 Å². The summed E-state index contributed by atoms with van der Waals surface area (Å²) in [7, 11) is 0. The molecule has 0 aromatic heterocycles. The van der Waals surface area contributed by atoms with E-state index in [4.69, 9.17) is 4.74 Å². The molecule has 0 bridgehead atoms. The summed E-state index contributed by atoms with van der Waals surface area (Å²) in [5.41, 5.74) is 0.839. The van der Waals surface area contributed by atoms with E-state index in [1.807, 2.05) is 13.8 Å². The summed E-state index contributed by atoms with van der Waals surface area (Å²) < 4.78 is 19.3. The van der Waals surface area contributed by atoms with E-state index < -0.39 is 0 Å². The predicted molar refractivity (Wildman–Crippen MR) is 63.3 cm³/mol. The molecular weight excluding hydrogens is 259 g/mol. The van der Waals surface area contributed by atoms with Gasteiger partial charge in [-0.1, -0.05) is 28.9 Å². The quantitative estimate of drug-likeness (QED) is 0.796. The van der Waals surface area contributed by atoms with Gasteiger partial charge in [-0.25, -0.2) is 4.39 Å². The number of halogens is 2. The van der Waals surface area contributed by atoms with Gasteiger partial charge in [0.1, 0.15) is 5.82 Å². The zero-order valence-electron chi connectivity index (χ0n) is 9.31. The van der Waals surface area contributed by atoms with Crippen LogP contribution >= 0.6 is 15.9 Å². The fraction of sp³-hybridized carbons (Fsp3) is 0.500. The minimum atomic E-state index is -0.236. The van der Waals surface area contributed by atoms with Gasteiger partial charge in [0.15, 0.2) is 0 Å². The maximum atomic E-state index is 12.8. The van der Waals surface area contributed by atoms with Crippen molar-refractivity contribution in [3.63, 3.8) is 0 Å². The third-order valence-corrected chi connectivity index (χ3v) is 3.22.